The first-order chi connectivity index (χ1) is 18.1. The summed E-state index contributed by atoms with van der Waals surface area (Å²) in [7, 11) is 0. The third-order valence-electron chi connectivity index (χ3n) is 5.83. The van der Waals surface area contributed by atoms with Crippen LogP contribution in [-0.2, 0) is 19.6 Å². The van der Waals surface area contributed by atoms with E-state index in [0.29, 0.717) is 13.0 Å². The van der Waals surface area contributed by atoms with E-state index in [2.05, 4.69) is 15.0 Å². The molecule has 0 radical (unpaired) electrons. The number of halogens is 3. The van der Waals surface area contributed by atoms with Gasteiger partial charge in [-0.1, -0.05) is 19.1 Å². The number of benzene rings is 1. The molecule has 1 atom stereocenters. The molecule has 2 N–H and O–H groups in total. The Morgan fingerprint density at radius 1 is 1.11 bits per heavy atom. The molecule has 0 amide bonds. The molecule has 204 valence electrons. The van der Waals surface area contributed by atoms with Gasteiger partial charge in [0.15, 0.2) is 0 Å². The van der Waals surface area contributed by atoms with Crippen LogP contribution in [0.4, 0.5) is 24.7 Å². The van der Waals surface area contributed by atoms with E-state index in [1.54, 1.807) is 11.1 Å². The van der Waals surface area contributed by atoms with Crippen LogP contribution >= 0.6 is 0 Å². The highest BCUT2D eigenvalue weighted by Gasteiger charge is 2.37. The Bertz CT molecular complexity index is 1390. The molecular weight excluding hydrogens is 507 g/mol. The van der Waals surface area contributed by atoms with Crippen molar-refractivity contribution in [2.75, 3.05) is 16.8 Å². The van der Waals surface area contributed by atoms with Crippen molar-refractivity contribution in [3.8, 4) is 11.5 Å². The van der Waals surface area contributed by atoms with Gasteiger partial charge in [-0.05, 0) is 43.5 Å². The van der Waals surface area contributed by atoms with E-state index in [0.717, 1.165) is 28.0 Å². The Kier molecular flexibility index (Phi) is 7.95. The Balaban J connectivity index is 1.78. The fourth-order valence-electron chi connectivity index (χ4n) is 4.18. The number of hydrogen-bond donors (Lipinski definition) is 2. The number of anilines is 2. The molecule has 1 aliphatic rings. The van der Waals surface area contributed by atoms with Crippen molar-refractivity contribution >= 4 is 11.5 Å². The first kappa shape index (κ1) is 27.0. The number of aryl methyl sites for hydroxylation is 1. The van der Waals surface area contributed by atoms with Gasteiger partial charge < -0.3 is 24.8 Å². The van der Waals surface area contributed by atoms with Crippen molar-refractivity contribution in [3.63, 3.8) is 0 Å². The van der Waals surface area contributed by atoms with Gasteiger partial charge in [0.25, 0.3) is 11.9 Å². The van der Waals surface area contributed by atoms with Crippen LogP contribution in [0.3, 0.4) is 0 Å². The van der Waals surface area contributed by atoms with Gasteiger partial charge in [0.1, 0.15) is 23.0 Å². The molecule has 13 heteroatoms. The fourth-order valence-corrected chi connectivity index (χ4v) is 4.18. The quantitative estimate of drug-likeness (QED) is 0.407. The zero-order chi connectivity index (χ0) is 27.4. The summed E-state index contributed by atoms with van der Waals surface area (Å²) in [4.78, 5) is 32.7. The van der Waals surface area contributed by atoms with Gasteiger partial charge in [0.2, 0.25) is 0 Å². The van der Waals surface area contributed by atoms with E-state index >= 15 is 0 Å². The molecule has 3 aromatic rings. The molecule has 10 nitrogen and oxygen atoms in total. The number of fused-ring (bicyclic) bond motifs is 1. The molecule has 1 aliphatic heterocycles. The summed E-state index contributed by atoms with van der Waals surface area (Å²) in [6.45, 7) is 3.99. The molecular formula is C25H28F3N5O5. The van der Waals surface area contributed by atoms with Gasteiger partial charge in [-0.2, -0.15) is 0 Å². The zero-order valence-electron chi connectivity index (χ0n) is 20.9. The summed E-state index contributed by atoms with van der Waals surface area (Å²) in [5, 5.41) is 12.4. The minimum absolute atomic E-state index is 0.0213. The van der Waals surface area contributed by atoms with Gasteiger partial charge >= 0.3 is 12.1 Å². The molecule has 0 aliphatic carbocycles. The second-order valence-electron chi connectivity index (χ2n) is 8.74. The third-order valence-corrected chi connectivity index (χ3v) is 5.83. The largest absolute Gasteiger partial charge is 0.573 e. The maximum atomic E-state index is 13.6. The fraction of sp³-hybridized carbons (Fsp3) is 0.400. The third kappa shape index (κ3) is 5.93. The van der Waals surface area contributed by atoms with Crippen LogP contribution in [0.15, 0.2) is 52.2 Å². The molecule has 38 heavy (non-hydrogen) atoms. The predicted octanol–water partition coefficient (Wildman–Crippen LogP) is 3.20. The first-order valence-corrected chi connectivity index (χ1v) is 12.1. The van der Waals surface area contributed by atoms with E-state index in [4.69, 9.17) is 4.74 Å². The van der Waals surface area contributed by atoms with Gasteiger partial charge in [-0.15, -0.1) is 13.2 Å². The lowest BCUT2D eigenvalue weighted by molar-refractivity contribution is -0.274. The van der Waals surface area contributed by atoms with Crippen molar-refractivity contribution in [1.82, 2.24) is 14.1 Å². The Morgan fingerprint density at radius 2 is 1.87 bits per heavy atom. The number of nitrogens with zero attached hydrogens (tertiary/aromatic N) is 4. The van der Waals surface area contributed by atoms with E-state index in [-0.39, 0.29) is 43.4 Å². The maximum Gasteiger partial charge on any atom is 0.573 e. The van der Waals surface area contributed by atoms with E-state index in [1.807, 2.05) is 26.0 Å². The number of aliphatic hydroxyl groups excluding tert-OH is 1. The molecule has 0 fully saturated rings. The standard InChI is InChI=1S/C25H28F3N5O5/c1-3-10-31-21-20(22(35)32(24(31)36)11-5-12-34)33(15-17-9-8-16(2)29-14-17)23(30-21)37-18-6-4-7-19(13-18)38-25(26,27)28/h4,6-9,13-14,23,30,34H,3,5,10-12,15H2,1-2H3. The van der Waals surface area contributed by atoms with Crippen LogP contribution in [0.5, 0.6) is 11.5 Å². The van der Waals surface area contributed by atoms with Gasteiger partial charge in [-0.3, -0.25) is 18.9 Å². The molecule has 1 aromatic carbocycles. The molecule has 2 aromatic heterocycles. The molecule has 4 rings (SSSR count). The minimum Gasteiger partial charge on any atom is -0.452 e. The van der Waals surface area contributed by atoms with Crippen molar-refractivity contribution in [2.45, 2.75) is 59.0 Å². The summed E-state index contributed by atoms with van der Waals surface area (Å²) in [6, 6.07) is 8.68. The SMILES string of the molecule is CCCn1c2c(c(=O)n(CCCO)c1=O)N(Cc1ccc(C)nc1)C(Oc1cccc(OC(F)(F)F)c1)N2. The topological polar surface area (TPSA) is 111 Å². The van der Waals surface area contributed by atoms with Crippen LogP contribution < -0.4 is 30.9 Å². The van der Waals surface area contributed by atoms with Crippen LogP contribution in [0.1, 0.15) is 31.0 Å². The van der Waals surface area contributed by atoms with Crippen LogP contribution in [0.2, 0.25) is 0 Å². The Labute approximate surface area is 215 Å². The number of aromatic nitrogens is 3. The first-order valence-electron chi connectivity index (χ1n) is 12.1. The van der Waals surface area contributed by atoms with Crippen molar-refractivity contribution in [1.29, 1.82) is 0 Å². The average molecular weight is 536 g/mol. The molecule has 0 saturated carbocycles. The van der Waals surface area contributed by atoms with Crippen molar-refractivity contribution < 1.29 is 27.8 Å². The molecule has 1 unspecified atom stereocenters. The lowest BCUT2D eigenvalue weighted by Crippen LogP contribution is -2.44. The highest BCUT2D eigenvalue weighted by Crippen LogP contribution is 2.34. The smallest absolute Gasteiger partial charge is 0.452 e. The van der Waals surface area contributed by atoms with Gasteiger partial charge in [-0.25, -0.2) is 4.79 Å². The van der Waals surface area contributed by atoms with Crippen molar-refractivity contribution in [2.24, 2.45) is 0 Å². The maximum absolute atomic E-state index is 13.6. The highest BCUT2D eigenvalue weighted by molar-refractivity contribution is 5.71. The summed E-state index contributed by atoms with van der Waals surface area (Å²) < 4.78 is 50.7. The minimum atomic E-state index is -4.87. The molecule has 3 heterocycles. The lowest BCUT2D eigenvalue weighted by Gasteiger charge is -2.26. The summed E-state index contributed by atoms with van der Waals surface area (Å²) in [5.74, 6) is -0.169. The Morgan fingerprint density at radius 3 is 2.53 bits per heavy atom. The average Bonchev–Trinajstić information content (AvgIpc) is 3.20. The van der Waals surface area contributed by atoms with Gasteiger partial charge in [0, 0.05) is 37.7 Å². The number of pyridine rings is 1. The van der Waals surface area contributed by atoms with Crippen molar-refractivity contribution in [3.05, 3.63) is 74.7 Å². The number of aliphatic hydroxyl groups is 1. The molecule has 0 saturated heterocycles. The van der Waals surface area contributed by atoms with E-state index in [9.17, 15) is 27.9 Å². The molecule has 0 bridgehead atoms. The summed E-state index contributed by atoms with van der Waals surface area (Å²) in [6.07, 6.45) is -3.47. The lowest BCUT2D eigenvalue weighted by atomic mass is 10.2. The second-order valence-corrected chi connectivity index (χ2v) is 8.74. The van der Waals surface area contributed by atoms with Gasteiger partial charge in [0.05, 0.1) is 6.54 Å². The Hall–Kier alpha value is -4.00. The highest BCUT2D eigenvalue weighted by atomic mass is 19.4. The zero-order valence-corrected chi connectivity index (χ0v) is 20.9. The van der Waals surface area contributed by atoms with E-state index < -0.39 is 29.7 Å². The summed E-state index contributed by atoms with van der Waals surface area (Å²) in [5.41, 5.74) is 0.603. The monoisotopic (exact) mass is 535 g/mol. The number of ether oxygens (including phenoxy) is 2. The normalized spacial score (nSPS) is 14.8. The second kappa shape index (κ2) is 11.2. The van der Waals surface area contributed by atoms with E-state index in [1.165, 1.54) is 16.7 Å². The van der Waals surface area contributed by atoms with Crippen LogP contribution in [0, 0.1) is 6.92 Å². The van der Waals surface area contributed by atoms with Crippen LogP contribution in [-0.4, -0.2) is 38.5 Å². The number of hydrogen-bond acceptors (Lipinski definition) is 8. The number of nitrogens with one attached hydrogen (secondary N) is 1. The number of alkyl halides is 3. The van der Waals surface area contributed by atoms with Crippen LogP contribution in [0.25, 0.3) is 0 Å². The predicted molar refractivity (Wildman–Crippen MR) is 133 cm³/mol. The molecule has 0 spiro atoms. The number of rotatable bonds is 10. The summed E-state index contributed by atoms with van der Waals surface area (Å²) >= 11 is 0.